The number of nitriles is 1. The van der Waals surface area contributed by atoms with Gasteiger partial charge < -0.3 is 14.6 Å². The number of ketones is 2. The minimum absolute atomic E-state index is 0.00674. The van der Waals surface area contributed by atoms with Gasteiger partial charge in [-0.25, -0.2) is 0 Å². The van der Waals surface area contributed by atoms with Gasteiger partial charge >= 0.3 is 0 Å². The van der Waals surface area contributed by atoms with E-state index in [4.69, 9.17) is 4.74 Å². The Balaban J connectivity index is 1.94. The van der Waals surface area contributed by atoms with E-state index in [2.05, 4.69) is 61.5 Å². The third-order valence-corrected chi connectivity index (χ3v) is 12.5. The highest BCUT2D eigenvalue weighted by Gasteiger charge is 2.82. The molecule has 0 radical (unpaired) electrons. The molecule has 0 spiro atoms. The second-order valence-corrected chi connectivity index (χ2v) is 16.5. The SMILES string of the molecule is CCCC(C)(C)CC[C@](C)(CO)CCC(C)(C)[C@]1(C)CC[C@H]2C(C)(C)C(=O)[C@]3(C#N)O[C@@H]3[C@]2(C)[C@H]1CC(C)=O. The molecule has 5 heteroatoms. The van der Waals surface area contributed by atoms with Crippen molar-refractivity contribution < 1.29 is 19.4 Å². The lowest BCUT2D eigenvalue weighted by atomic mass is 9.37. The summed E-state index contributed by atoms with van der Waals surface area (Å²) in [6.45, 7) is 24.2. The molecule has 5 nitrogen and oxygen atoms in total. The highest BCUT2D eigenvalue weighted by Crippen LogP contribution is 2.74. The molecule has 0 aromatic carbocycles. The van der Waals surface area contributed by atoms with E-state index in [1.54, 1.807) is 6.92 Å². The van der Waals surface area contributed by atoms with Crippen molar-refractivity contribution in [3.8, 4) is 6.07 Å². The van der Waals surface area contributed by atoms with Crippen LogP contribution in [0.2, 0.25) is 0 Å². The number of carbonyl (C=O) groups is 2. The number of aliphatic hydroxyl groups excluding tert-OH is 1. The van der Waals surface area contributed by atoms with Gasteiger partial charge in [-0.05, 0) is 85.4 Å². The van der Waals surface area contributed by atoms with Gasteiger partial charge in [0.1, 0.15) is 18.0 Å². The maximum Gasteiger partial charge on any atom is 0.240 e. The molecule has 0 unspecified atom stereocenters. The summed E-state index contributed by atoms with van der Waals surface area (Å²) in [7, 11) is 0. The van der Waals surface area contributed by atoms with Gasteiger partial charge in [0.25, 0.3) is 0 Å². The second kappa shape index (κ2) is 10.2. The summed E-state index contributed by atoms with van der Waals surface area (Å²) in [4.78, 5) is 26.3. The number of rotatable bonds is 12. The molecule has 0 aromatic heterocycles. The summed E-state index contributed by atoms with van der Waals surface area (Å²) in [6, 6.07) is 2.26. The first-order valence-corrected chi connectivity index (χ1v) is 15.5. The van der Waals surface area contributed by atoms with Gasteiger partial charge in [0, 0.05) is 23.9 Å². The molecule has 1 saturated heterocycles. The molecule has 3 aliphatic rings. The van der Waals surface area contributed by atoms with Crippen LogP contribution < -0.4 is 0 Å². The van der Waals surface area contributed by atoms with Crippen molar-refractivity contribution in [1.29, 1.82) is 5.26 Å². The van der Waals surface area contributed by atoms with Crippen LogP contribution in [-0.2, 0) is 14.3 Å². The summed E-state index contributed by atoms with van der Waals surface area (Å²) in [5.41, 5.74) is -2.68. The van der Waals surface area contributed by atoms with Crippen LogP contribution in [-0.4, -0.2) is 35.0 Å². The van der Waals surface area contributed by atoms with Gasteiger partial charge in [0.05, 0.1) is 0 Å². The molecule has 39 heavy (non-hydrogen) atoms. The van der Waals surface area contributed by atoms with Crippen molar-refractivity contribution in [2.45, 2.75) is 146 Å². The van der Waals surface area contributed by atoms with E-state index in [-0.39, 0.29) is 51.7 Å². The van der Waals surface area contributed by atoms with Crippen LogP contribution in [0.4, 0.5) is 0 Å². The van der Waals surface area contributed by atoms with Crippen LogP contribution in [0.1, 0.15) is 134 Å². The fourth-order valence-electron chi connectivity index (χ4n) is 9.19. The molecule has 3 fully saturated rings. The number of hydrogen-bond donors (Lipinski definition) is 1. The minimum Gasteiger partial charge on any atom is -0.396 e. The number of nitrogens with zero attached hydrogens (tertiary/aromatic N) is 1. The molecular weight excluding hydrogens is 486 g/mol. The van der Waals surface area contributed by atoms with Crippen LogP contribution in [0.15, 0.2) is 0 Å². The van der Waals surface area contributed by atoms with Crippen molar-refractivity contribution in [3.63, 3.8) is 0 Å². The van der Waals surface area contributed by atoms with Gasteiger partial charge in [-0.3, -0.25) is 4.79 Å². The Hall–Kier alpha value is -1.25. The topological polar surface area (TPSA) is 90.7 Å². The number of fused-ring (bicyclic) bond motifs is 3. The molecule has 1 N–H and O–H groups in total. The fourth-order valence-corrected chi connectivity index (χ4v) is 9.19. The van der Waals surface area contributed by atoms with Gasteiger partial charge in [-0.1, -0.05) is 75.7 Å². The number of aliphatic hydroxyl groups is 1. The van der Waals surface area contributed by atoms with Gasteiger partial charge in [-0.2, -0.15) is 5.26 Å². The number of epoxide rings is 1. The van der Waals surface area contributed by atoms with Crippen LogP contribution in [0.25, 0.3) is 0 Å². The standard InChI is InChI=1S/C34H57NO4/c1-12-14-28(3,4)16-18-31(9,22-36)19-17-29(5,6)32(10)15-13-24-30(7,8)26(38)34(21-35)27(39-34)33(24,11)25(32)20-23(2)37/h24-25,27,36H,12-20,22H2,1-11H3/t24-,25-,27+,31-,32+,33-,34-/m0/s1. The zero-order valence-electron chi connectivity index (χ0n) is 26.9. The van der Waals surface area contributed by atoms with Crippen LogP contribution in [0.3, 0.4) is 0 Å². The Bertz CT molecular complexity index is 1010. The number of ether oxygens (including phenoxy) is 1. The maximum atomic E-state index is 13.5. The van der Waals surface area contributed by atoms with Crippen LogP contribution >= 0.6 is 0 Å². The lowest BCUT2D eigenvalue weighted by Crippen LogP contribution is -2.65. The minimum atomic E-state index is -1.37. The Morgan fingerprint density at radius 1 is 1.05 bits per heavy atom. The van der Waals surface area contributed by atoms with Gasteiger partial charge in [0.2, 0.25) is 5.60 Å². The summed E-state index contributed by atoms with van der Waals surface area (Å²) in [5, 5.41) is 20.6. The smallest absolute Gasteiger partial charge is 0.240 e. The van der Waals surface area contributed by atoms with Crippen molar-refractivity contribution >= 4 is 11.6 Å². The molecule has 3 rings (SSSR count). The first-order valence-electron chi connectivity index (χ1n) is 15.5. The van der Waals surface area contributed by atoms with Crippen molar-refractivity contribution in [3.05, 3.63) is 0 Å². The molecule has 0 aromatic rings. The second-order valence-electron chi connectivity index (χ2n) is 16.5. The summed E-state index contributed by atoms with van der Waals surface area (Å²) < 4.78 is 6.11. The molecule has 2 aliphatic carbocycles. The predicted octanol–water partition coefficient (Wildman–Crippen LogP) is 7.69. The van der Waals surface area contributed by atoms with Crippen LogP contribution in [0, 0.1) is 55.7 Å². The van der Waals surface area contributed by atoms with E-state index < -0.39 is 22.5 Å². The predicted molar refractivity (Wildman–Crippen MR) is 156 cm³/mol. The Morgan fingerprint density at radius 2 is 1.64 bits per heavy atom. The van der Waals surface area contributed by atoms with Gasteiger partial charge in [0.15, 0.2) is 5.78 Å². The lowest BCUT2D eigenvalue weighted by Gasteiger charge is -2.64. The highest BCUT2D eigenvalue weighted by atomic mass is 16.6. The van der Waals surface area contributed by atoms with E-state index in [0.717, 1.165) is 38.5 Å². The third kappa shape index (κ3) is 5.16. The molecule has 2 saturated carbocycles. The number of carbonyl (C=O) groups excluding carboxylic acids is 2. The molecule has 7 atom stereocenters. The molecule has 1 aliphatic heterocycles. The van der Waals surface area contributed by atoms with E-state index in [1.165, 1.54) is 12.8 Å². The summed E-state index contributed by atoms with van der Waals surface area (Å²) >= 11 is 0. The zero-order chi connectivity index (χ0) is 29.9. The number of hydrogen-bond acceptors (Lipinski definition) is 5. The molecule has 1 heterocycles. The van der Waals surface area contributed by atoms with Crippen molar-refractivity contribution in [2.24, 2.45) is 44.3 Å². The lowest BCUT2D eigenvalue weighted by molar-refractivity contribution is -0.176. The van der Waals surface area contributed by atoms with E-state index in [0.29, 0.717) is 6.42 Å². The normalized spacial score (nSPS) is 37.3. The summed E-state index contributed by atoms with van der Waals surface area (Å²) in [5.74, 6) is 0.121. The number of Topliss-reactive ketones (excluding diaryl/α,β-unsaturated/α-hetero) is 2. The Morgan fingerprint density at radius 3 is 2.15 bits per heavy atom. The molecule has 0 amide bonds. The molecular formula is C34H57NO4. The van der Waals surface area contributed by atoms with Gasteiger partial charge in [-0.15, -0.1) is 0 Å². The Kier molecular flexibility index (Phi) is 8.47. The van der Waals surface area contributed by atoms with E-state index >= 15 is 0 Å². The maximum absolute atomic E-state index is 13.5. The fraction of sp³-hybridized carbons (Fsp3) is 0.912. The zero-order valence-corrected chi connectivity index (χ0v) is 26.9. The Labute approximate surface area is 238 Å². The average molecular weight is 544 g/mol. The van der Waals surface area contributed by atoms with Crippen LogP contribution in [0.5, 0.6) is 0 Å². The van der Waals surface area contributed by atoms with Crippen molar-refractivity contribution in [1.82, 2.24) is 0 Å². The average Bonchev–Trinajstić information content (AvgIpc) is 3.60. The van der Waals surface area contributed by atoms with Crippen molar-refractivity contribution in [2.75, 3.05) is 6.61 Å². The largest absolute Gasteiger partial charge is 0.396 e. The molecule has 222 valence electrons. The first-order chi connectivity index (χ1) is 17.7. The summed E-state index contributed by atoms with van der Waals surface area (Å²) in [6.07, 6.45) is 8.12. The highest BCUT2D eigenvalue weighted by molar-refractivity contribution is 5.99. The third-order valence-electron chi connectivity index (χ3n) is 12.5. The monoisotopic (exact) mass is 543 g/mol. The van der Waals surface area contributed by atoms with E-state index in [9.17, 15) is 20.0 Å². The first kappa shape index (κ1) is 32.3. The molecule has 0 bridgehead atoms. The van der Waals surface area contributed by atoms with E-state index in [1.807, 2.05) is 13.8 Å². The quantitative estimate of drug-likeness (QED) is 0.255.